The van der Waals surface area contributed by atoms with E-state index in [1.54, 1.807) is 17.3 Å². The topological polar surface area (TPSA) is 61.0 Å². The summed E-state index contributed by atoms with van der Waals surface area (Å²) in [5.41, 5.74) is 8.96. The highest BCUT2D eigenvalue weighted by Crippen LogP contribution is 2.25. The van der Waals surface area contributed by atoms with Crippen molar-refractivity contribution < 1.29 is 4.74 Å². The molecule has 2 rings (SSSR count). The van der Waals surface area contributed by atoms with Crippen molar-refractivity contribution in [2.45, 2.75) is 17.3 Å². The van der Waals surface area contributed by atoms with Crippen molar-refractivity contribution in [2.24, 2.45) is 5.73 Å². The molecule has 18 heavy (non-hydrogen) atoms. The molecule has 2 N–H and O–H groups in total. The average Bonchev–Trinajstić information content (AvgIpc) is 2.90. The lowest BCUT2D eigenvalue weighted by Gasteiger charge is -2.11. The molecule has 0 saturated carbocycles. The molecule has 6 heteroatoms. The summed E-state index contributed by atoms with van der Waals surface area (Å²) in [5.74, 6) is 1.67. The van der Waals surface area contributed by atoms with Gasteiger partial charge in [-0.15, -0.1) is 10.2 Å². The fraction of sp³-hybridized carbons (Fsp3) is 0.333. The van der Waals surface area contributed by atoms with Gasteiger partial charge in [0.2, 0.25) is 0 Å². The number of ether oxygens (including phenoxy) is 1. The predicted molar refractivity (Wildman–Crippen MR) is 75.2 cm³/mol. The lowest BCUT2D eigenvalue weighted by Crippen LogP contribution is -2.12. The van der Waals surface area contributed by atoms with Gasteiger partial charge in [-0.25, -0.2) is 0 Å². The fourth-order valence-electron chi connectivity index (χ4n) is 1.46. The van der Waals surface area contributed by atoms with Gasteiger partial charge in [0.25, 0.3) is 0 Å². The minimum Gasteiger partial charge on any atom is -0.494 e. The summed E-state index contributed by atoms with van der Waals surface area (Å²) in [6.07, 6.45) is 0. The maximum absolute atomic E-state index is 6.13. The first-order chi connectivity index (χ1) is 8.79. The smallest absolute Gasteiger partial charge is 0.174 e. The van der Waals surface area contributed by atoms with E-state index in [9.17, 15) is 0 Å². The summed E-state index contributed by atoms with van der Waals surface area (Å²) >= 11 is 3.17. The van der Waals surface area contributed by atoms with Gasteiger partial charge in [0.1, 0.15) is 11.3 Å². The van der Waals surface area contributed by atoms with Gasteiger partial charge in [0, 0.05) is 11.8 Å². The van der Waals surface area contributed by atoms with Crippen LogP contribution in [0, 0.1) is 0 Å². The highest BCUT2D eigenvalue weighted by Gasteiger charge is 2.08. The number of benzene rings is 1. The van der Waals surface area contributed by atoms with Gasteiger partial charge in [-0.3, -0.25) is 0 Å². The van der Waals surface area contributed by atoms with Gasteiger partial charge < -0.3 is 10.5 Å². The lowest BCUT2D eigenvalue weighted by molar-refractivity contribution is 0.340. The van der Waals surface area contributed by atoms with Crippen LogP contribution in [0.2, 0.25) is 0 Å². The Balaban J connectivity index is 1.89. The van der Waals surface area contributed by atoms with Gasteiger partial charge in [-0.05, 0) is 24.6 Å². The Labute approximate surface area is 115 Å². The van der Waals surface area contributed by atoms with E-state index in [1.165, 1.54) is 11.3 Å². The first-order valence-electron chi connectivity index (χ1n) is 5.67. The van der Waals surface area contributed by atoms with Crippen molar-refractivity contribution in [3.05, 3.63) is 35.3 Å². The number of rotatable bonds is 6. The standard InChI is InChI=1S/C12H15N3OS2/c1-2-16-10-5-3-9(4-6-10)11(13)7-17-12-15-14-8-18-12/h3-6,8,11H,2,7,13H2,1H3. The minimum absolute atomic E-state index is 0.00502. The zero-order valence-corrected chi connectivity index (χ0v) is 11.7. The second kappa shape index (κ2) is 6.72. The third kappa shape index (κ3) is 3.69. The normalized spacial score (nSPS) is 12.3. The van der Waals surface area contributed by atoms with Gasteiger partial charge >= 0.3 is 0 Å². The number of nitrogens with two attached hydrogens (primary N) is 1. The third-order valence-corrected chi connectivity index (χ3v) is 4.33. The maximum atomic E-state index is 6.13. The Kier molecular flexibility index (Phi) is 4.98. The molecule has 0 fully saturated rings. The van der Waals surface area contributed by atoms with Crippen LogP contribution in [0.1, 0.15) is 18.5 Å². The van der Waals surface area contributed by atoms with Crippen LogP contribution in [0.15, 0.2) is 34.1 Å². The quantitative estimate of drug-likeness (QED) is 0.825. The summed E-state index contributed by atoms with van der Waals surface area (Å²) < 4.78 is 6.35. The van der Waals surface area contributed by atoms with Crippen LogP contribution in [-0.2, 0) is 0 Å². The van der Waals surface area contributed by atoms with Crippen LogP contribution in [0.3, 0.4) is 0 Å². The minimum atomic E-state index is -0.00502. The van der Waals surface area contributed by atoms with Crippen molar-refractivity contribution in [3.8, 4) is 5.75 Å². The first kappa shape index (κ1) is 13.3. The molecule has 1 aromatic heterocycles. The van der Waals surface area contributed by atoms with Crippen molar-refractivity contribution in [2.75, 3.05) is 12.4 Å². The zero-order chi connectivity index (χ0) is 12.8. The van der Waals surface area contributed by atoms with Gasteiger partial charge in [0.05, 0.1) is 6.61 Å². The van der Waals surface area contributed by atoms with E-state index in [1.807, 2.05) is 31.2 Å². The molecule has 0 bridgehead atoms. The fourth-order valence-corrected chi connectivity index (χ4v) is 2.96. The third-order valence-electron chi connectivity index (χ3n) is 2.35. The second-order valence-corrected chi connectivity index (χ2v) is 5.72. The molecule has 0 aliphatic carbocycles. The molecule has 0 radical (unpaired) electrons. The van der Waals surface area contributed by atoms with Gasteiger partial charge in [-0.1, -0.05) is 35.2 Å². The number of aromatic nitrogens is 2. The Morgan fingerprint density at radius 1 is 1.39 bits per heavy atom. The van der Waals surface area contributed by atoms with Crippen LogP contribution in [0.4, 0.5) is 0 Å². The van der Waals surface area contributed by atoms with Crippen LogP contribution in [-0.4, -0.2) is 22.6 Å². The summed E-state index contributed by atoms with van der Waals surface area (Å²) in [6, 6.07) is 7.92. The molecule has 0 aliphatic heterocycles. The summed E-state index contributed by atoms with van der Waals surface area (Å²) in [6.45, 7) is 2.65. The van der Waals surface area contributed by atoms with Crippen molar-refractivity contribution in [1.82, 2.24) is 10.2 Å². The molecular formula is C12H15N3OS2. The van der Waals surface area contributed by atoms with Crippen LogP contribution < -0.4 is 10.5 Å². The van der Waals surface area contributed by atoms with Gasteiger partial charge in [0.15, 0.2) is 4.34 Å². The van der Waals surface area contributed by atoms with Crippen LogP contribution in [0.25, 0.3) is 0 Å². The molecule has 1 heterocycles. The largest absolute Gasteiger partial charge is 0.494 e. The molecule has 0 saturated heterocycles. The van der Waals surface area contributed by atoms with E-state index in [0.29, 0.717) is 6.61 Å². The summed E-state index contributed by atoms with van der Waals surface area (Å²) in [4.78, 5) is 0. The SMILES string of the molecule is CCOc1ccc(C(N)CSc2nncs2)cc1. The van der Waals surface area contributed by atoms with E-state index >= 15 is 0 Å². The molecule has 1 unspecified atom stereocenters. The molecule has 0 amide bonds. The Morgan fingerprint density at radius 3 is 2.78 bits per heavy atom. The van der Waals surface area contributed by atoms with E-state index in [4.69, 9.17) is 10.5 Å². The molecule has 0 aliphatic rings. The Morgan fingerprint density at radius 2 is 2.17 bits per heavy atom. The van der Waals surface area contributed by atoms with E-state index in [-0.39, 0.29) is 6.04 Å². The first-order valence-corrected chi connectivity index (χ1v) is 7.53. The zero-order valence-electron chi connectivity index (χ0n) is 10.1. The Bertz CT molecular complexity index is 459. The highest BCUT2D eigenvalue weighted by atomic mass is 32.2. The van der Waals surface area contributed by atoms with Crippen molar-refractivity contribution >= 4 is 23.1 Å². The number of nitrogens with zero attached hydrogens (tertiary/aromatic N) is 2. The monoisotopic (exact) mass is 281 g/mol. The molecule has 2 aromatic rings. The highest BCUT2D eigenvalue weighted by molar-refractivity contribution is 8.01. The van der Waals surface area contributed by atoms with Gasteiger partial charge in [-0.2, -0.15) is 0 Å². The van der Waals surface area contributed by atoms with Crippen LogP contribution >= 0.6 is 23.1 Å². The van der Waals surface area contributed by atoms with E-state index in [2.05, 4.69) is 10.2 Å². The molecule has 96 valence electrons. The van der Waals surface area contributed by atoms with Crippen molar-refractivity contribution in [1.29, 1.82) is 0 Å². The van der Waals surface area contributed by atoms with Crippen LogP contribution in [0.5, 0.6) is 5.75 Å². The Hall–Kier alpha value is -1.11. The molecular weight excluding hydrogens is 266 g/mol. The van der Waals surface area contributed by atoms with E-state index < -0.39 is 0 Å². The predicted octanol–water partition coefficient (Wildman–Crippen LogP) is 2.73. The number of thioether (sulfide) groups is 1. The van der Waals surface area contributed by atoms with Crippen molar-refractivity contribution in [3.63, 3.8) is 0 Å². The number of hydrogen-bond acceptors (Lipinski definition) is 6. The lowest BCUT2D eigenvalue weighted by atomic mass is 10.1. The number of hydrogen-bond donors (Lipinski definition) is 1. The molecule has 0 spiro atoms. The van der Waals surface area contributed by atoms with E-state index in [0.717, 1.165) is 21.4 Å². The molecule has 1 aromatic carbocycles. The average molecular weight is 281 g/mol. The second-order valence-electron chi connectivity index (χ2n) is 3.62. The summed E-state index contributed by atoms with van der Waals surface area (Å²) in [5, 5.41) is 7.77. The summed E-state index contributed by atoms with van der Waals surface area (Å²) in [7, 11) is 0. The molecule has 4 nitrogen and oxygen atoms in total. The molecule has 1 atom stereocenters. The maximum Gasteiger partial charge on any atom is 0.174 e.